The molecule has 0 saturated carbocycles. The molecule has 0 spiro atoms. The Hall–Kier alpha value is -2.77. The minimum Gasteiger partial charge on any atom is -0.465 e. The smallest absolute Gasteiger partial charge is 0.338 e. The van der Waals surface area contributed by atoms with Crippen LogP contribution in [-0.4, -0.2) is 86.1 Å². The lowest BCUT2D eigenvalue weighted by Crippen LogP contribution is -2.32. The third kappa shape index (κ3) is 4.34. The summed E-state index contributed by atoms with van der Waals surface area (Å²) in [6, 6.07) is 7.20. The first-order valence-corrected chi connectivity index (χ1v) is 11.9. The van der Waals surface area contributed by atoms with Crippen LogP contribution < -0.4 is 5.32 Å². The maximum atomic E-state index is 12.0. The van der Waals surface area contributed by atoms with Gasteiger partial charge in [-0.15, -0.1) is 11.8 Å². The normalized spacial score (nSPS) is 26.7. The van der Waals surface area contributed by atoms with Gasteiger partial charge in [0.25, 0.3) is 0 Å². The Kier molecular flexibility index (Phi) is 6.66. The van der Waals surface area contributed by atoms with Crippen LogP contribution in [0.3, 0.4) is 0 Å². The van der Waals surface area contributed by atoms with Crippen LogP contribution in [0.4, 0.5) is 5.82 Å². The van der Waals surface area contributed by atoms with Crippen LogP contribution in [-0.2, 0) is 14.2 Å². The topological polar surface area (TPSA) is 141 Å². The van der Waals surface area contributed by atoms with Crippen molar-refractivity contribution in [2.45, 2.75) is 41.9 Å². The molecule has 1 unspecified atom stereocenters. The molecular formula is C22H25N5O6S. The number of aromatic nitrogens is 4. The van der Waals surface area contributed by atoms with Crippen LogP contribution in [0.5, 0.6) is 0 Å². The van der Waals surface area contributed by atoms with Crippen molar-refractivity contribution in [3.63, 3.8) is 0 Å². The molecule has 12 heteroatoms. The number of carbonyl (C=O) groups is 1. The standard InChI is InChI=1S/C22H25N5O6S/c1-31-22(30)13-4-2-3-5-15(13)34-9-14-17(28)18(29)21(33-14)27-11-25-16-19(23-10-24-20(16)27)26-12-6-7-32-8-12/h2-5,10-12,14,17-18,21,28-29H,6-9H2,1H3,(H,23,24,26)/t12-,14-,17-,18-,21?/m1/s1. The predicted octanol–water partition coefficient (Wildman–Crippen LogP) is 1.23. The summed E-state index contributed by atoms with van der Waals surface area (Å²) in [5, 5.41) is 24.8. The summed E-state index contributed by atoms with van der Waals surface area (Å²) in [5.41, 5.74) is 1.46. The number of carbonyl (C=O) groups excluding carboxylic acids is 1. The van der Waals surface area contributed by atoms with Crippen molar-refractivity contribution in [3.8, 4) is 0 Å². The third-order valence-electron chi connectivity index (χ3n) is 5.94. The summed E-state index contributed by atoms with van der Waals surface area (Å²) in [4.78, 5) is 25.8. The Balaban J connectivity index is 1.33. The van der Waals surface area contributed by atoms with E-state index in [0.29, 0.717) is 46.4 Å². The zero-order chi connectivity index (χ0) is 23.7. The van der Waals surface area contributed by atoms with E-state index in [9.17, 15) is 15.0 Å². The van der Waals surface area contributed by atoms with Gasteiger partial charge in [0.1, 0.15) is 18.5 Å². The lowest BCUT2D eigenvalue weighted by atomic mass is 10.1. The van der Waals surface area contributed by atoms with Crippen LogP contribution in [0.1, 0.15) is 23.0 Å². The highest BCUT2D eigenvalue weighted by molar-refractivity contribution is 7.99. The largest absolute Gasteiger partial charge is 0.465 e. The Morgan fingerprint density at radius 1 is 1.26 bits per heavy atom. The van der Waals surface area contributed by atoms with Crippen molar-refractivity contribution in [1.82, 2.24) is 19.5 Å². The zero-order valence-electron chi connectivity index (χ0n) is 18.4. The Morgan fingerprint density at radius 2 is 2.12 bits per heavy atom. The van der Waals surface area contributed by atoms with Gasteiger partial charge in [-0.1, -0.05) is 12.1 Å². The lowest BCUT2D eigenvalue weighted by Gasteiger charge is -2.17. The van der Waals surface area contributed by atoms with Crippen LogP contribution in [0.25, 0.3) is 11.2 Å². The number of esters is 1. The van der Waals surface area contributed by atoms with Crippen molar-refractivity contribution in [3.05, 3.63) is 42.5 Å². The summed E-state index contributed by atoms with van der Waals surface area (Å²) in [7, 11) is 1.33. The van der Waals surface area contributed by atoms with Gasteiger partial charge < -0.3 is 29.7 Å². The Morgan fingerprint density at radius 3 is 2.91 bits per heavy atom. The molecule has 2 aromatic heterocycles. The summed E-state index contributed by atoms with van der Waals surface area (Å²) in [6.07, 6.45) is -0.0429. The second-order valence-electron chi connectivity index (χ2n) is 8.10. The second kappa shape index (κ2) is 9.84. The van der Waals surface area contributed by atoms with Crippen LogP contribution in [0.2, 0.25) is 0 Å². The fourth-order valence-corrected chi connectivity index (χ4v) is 5.23. The molecule has 4 heterocycles. The van der Waals surface area contributed by atoms with E-state index in [1.54, 1.807) is 22.8 Å². The molecule has 2 saturated heterocycles. The number of rotatable bonds is 7. The minimum absolute atomic E-state index is 0.146. The van der Waals surface area contributed by atoms with E-state index in [-0.39, 0.29) is 6.04 Å². The van der Waals surface area contributed by atoms with E-state index in [2.05, 4.69) is 20.3 Å². The molecule has 2 fully saturated rings. The second-order valence-corrected chi connectivity index (χ2v) is 9.16. The molecular weight excluding hydrogens is 462 g/mol. The van der Waals surface area contributed by atoms with Gasteiger partial charge in [0.2, 0.25) is 0 Å². The van der Waals surface area contributed by atoms with E-state index >= 15 is 0 Å². The maximum absolute atomic E-state index is 12.0. The molecule has 3 aromatic rings. The predicted molar refractivity (Wildman–Crippen MR) is 123 cm³/mol. The summed E-state index contributed by atoms with van der Waals surface area (Å²) in [5.74, 6) is 0.463. The van der Waals surface area contributed by atoms with Crippen LogP contribution >= 0.6 is 11.8 Å². The number of ether oxygens (including phenoxy) is 3. The van der Waals surface area contributed by atoms with Crippen molar-refractivity contribution in [1.29, 1.82) is 0 Å². The first kappa shape index (κ1) is 23.0. The molecule has 2 aliphatic heterocycles. The average molecular weight is 488 g/mol. The van der Waals surface area contributed by atoms with Crippen molar-refractivity contribution < 1.29 is 29.2 Å². The third-order valence-corrected chi connectivity index (χ3v) is 7.10. The quantitative estimate of drug-likeness (QED) is 0.327. The molecule has 2 aliphatic rings. The number of nitrogens with one attached hydrogen (secondary N) is 1. The lowest BCUT2D eigenvalue weighted by molar-refractivity contribution is -0.0289. The molecule has 11 nitrogen and oxygen atoms in total. The molecule has 1 aromatic carbocycles. The molecule has 0 bridgehead atoms. The number of aliphatic hydroxyl groups excluding tert-OH is 2. The minimum atomic E-state index is -1.19. The van der Waals surface area contributed by atoms with Gasteiger partial charge in [-0.3, -0.25) is 4.57 Å². The number of hydrogen-bond acceptors (Lipinski definition) is 11. The van der Waals surface area contributed by atoms with E-state index in [0.717, 1.165) is 6.42 Å². The van der Waals surface area contributed by atoms with Crippen molar-refractivity contribution in [2.75, 3.05) is 31.4 Å². The average Bonchev–Trinajstić information content (AvgIpc) is 3.59. The van der Waals surface area contributed by atoms with E-state index in [1.165, 1.54) is 31.5 Å². The number of nitrogens with zero attached hydrogens (tertiary/aromatic N) is 4. The van der Waals surface area contributed by atoms with Gasteiger partial charge in [0.15, 0.2) is 23.2 Å². The highest BCUT2D eigenvalue weighted by Gasteiger charge is 2.44. The van der Waals surface area contributed by atoms with E-state index in [4.69, 9.17) is 14.2 Å². The van der Waals surface area contributed by atoms with Gasteiger partial charge in [0.05, 0.1) is 37.8 Å². The van der Waals surface area contributed by atoms with Gasteiger partial charge in [-0.25, -0.2) is 19.7 Å². The summed E-state index contributed by atoms with van der Waals surface area (Å²) in [6.45, 7) is 1.30. The number of fused-ring (bicyclic) bond motifs is 1. The summed E-state index contributed by atoms with van der Waals surface area (Å²) >= 11 is 1.35. The van der Waals surface area contributed by atoms with Gasteiger partial charge in [-0.05, 0) is 18.6 Å². The molecule has 0 amide bonds. The van der Waals surface area contributed by atoms with Gasteiger partial charge >= 0.3 is 5.97 Å². The summed E-state index contributed by atoms with van der Waals surface area (Å²) < 4.78 is 17.9. The Bertz CT molecular complexity index is 1170. The number of thioether (sulfide) groups is 1. The van der Waals surface area contributed by atoms with Crippen LogP contribution in [0, 0.1) is 0 Å². The first-order valence-electron chi connectivity index (χ1n) is 10.9. The SMILES string of the molecule is COC(=O)c1ccccc1SC[C@H]1OC(n2cnc3c(N[C@@H]4CCOC4)ncnc32)[C@H](O)[C@@H]1O. The van der Waals surface area contributed by atoms with Crippen molar-refractivity contribution >= 4 is 34.7 Å². The maximum Gasteiger partial charge on any atom is 0.338 e. The van der Waals surface area contributed by atoms with Crippen LogP contribution in [0.15, 0.2) is 41.8 Å². The number of hydrogen-bond donors (Lipinski definition) is 3. The number of aliphatic hydroxyl groups is 2. The molecule has 34 heavy (non-hydrogen) atoms. The number of anilines is 1. The fourth-order valence-electron chi connectivity index (χ4n) is 4.13. The first-order chi connectivity index (χ1) is 16.6. The zero-order valence-corrected chi connectivity index (χ0v) is 19.2. The monoisotopic (exact) mass is 487 g/mol. The molecule has 180 valence electrons. The van der Waals surface area contributed by atoms with Crippen molar-refractivity contribution in [2.24, 2.45) is 0 Å². The highest BCUT2D eigenvalue weighted by Crippen LogP contribution is 2.35. The highest BCUT2D eigenvalue weighted by atomic mass is 32.2. The van der Waals surface area contributed by atoms with Gasteiger partial charge in [-0.2, -0.15) is 0 Å². The molecule has 0 radical (unpaired) electrons. The molecule has 0 aliphatic carbocycles. The molecule has 5 rings (SSSR count). The Labute approximate surface area is 199 Å². The van der Waals surface area contributed by atoms with E-state index in [1.807, 2.05) is 6.07 Å². The molecule has 3 N–H and O–H groups in total. The molecule has 5 atom stereocenters. The fraction of sp³-hybridized carbons (Fsp3) is 0.455. The van der Waals surface area contributed by atoms with Gasteiger partial charge in [0, 0.05) is 17.3 Å². The van der Waals surface area contributed by atoms with E-state index < -0.39 is 30.5 Å². The number of imidazole rings is 1. The number of methoxy groups -OCH3 is 1. The number of benzene rings is 1.